The number of benzene rings is 1. The van der Waals surface area contributed by atoms with Crippen LogP contribution in [0.15, 0.2) is 33.7 Å². The van der Waals surface area contributed by atoms with Gasteiger partial charge in [-0.05, 0) is 38.5 Å². The standard InChI is InChI=1S/C20H26ClN5O2/c1-4-22-20(23-11-18-24-14(2)15(3)28-18)26-10-9-25(19(27)13-26)12-16-5-7-17(21)8-6-16/h5-8H,4,9-13H2,1-3H3,(H,22,23). The van der Waals surface area contributed by atoms with Crippen molar-refractivity contribution >= 4 is 23.5 Å². The van der Waals surface area contributed by atoms with Gasteiger partial charge in [-0.25, -0.2) is 9.98 Å². The predicted molar refractivity (Wildman–Crippen MR) is 109 cm³/mol. The first-order chi connectivity index (χ1) is 13.5. The van der Waals surface area contributed by atoms with Crippen LogP contribution in [0.5, 0.6) is 0 Å². The third-order valence-electron chi connectivity index (χ3n) is 4.68. The number of hydrogen-bond acceptors (Lipinski definition) is 4. The van der Waals surface area contributed by atoms with Crippen molar-refractivity contribution in [3.05, 3.63) is 52.2 Å². The van der Waals surface area contributed by atoms with Gasteiger partial charge >= 0.3 is 0 Å². The minimum atomic E-state index is 0.0783. The Balaban J connectivity index is 1.62. The van der Waals surface area contributed by atoms with Crippen LogP contribution in [0.2, 0.25) is 5.02 Å². The van der Waals surface area contributed by atoms with Crippen LogP contribution >= 0.6 is 11.6 Å². The highest BCUT2D eigenvalue weighted by atomic mass is 35.5. The summed E-state index contributed by atoms with van der Waals surface area (Å²) in [6.07, 6.45) is 0. The molecule has 7 nitrogen and oxygen atoms in total. The minimum Gasteiger partial charge on any atom is -0.444 e. The van der Waals surface area contributed by atoms with Crippen molar-refractivity contribution in [2.75, 3.05) is 26.2 Å². The van der Waals surface area contributed by atoms with E-state index in [4.69, 9.17) is 16.0 Å². The molecule has 1 N–H and O–H groups in total. The summed E-state index contributed by atoms with van der Waals surface area (Å²) in [5, 5.41) is 3.95. The minimum absolute atomic E-state index is 0.0783. The van der Waals surface area contributed by atoms with Crippen molar-refractivity contribution in [1.29, 1.82) is 0 Å². The van der Waals surface area contributed by atoms with Crippen molar-refractivity contribution in [1.82, 2.24) is 20.1 Å². The number of aliphatic imine (C=N–C) groups is 1. The first kappa shape index (κ1) is 20.2. The summed E-state index contributed by atoms with van der Waals surface area (Å²) in [5.74, 6) is 2.17. The predicted octanol–water partition coefficient (Wildman–Crippen LogP) is 2.75. The number of carbonyl (C=O) groups is 1. The molecule has 0 spiro atoms. The number of aromatic nitrogens is 1. The lowest BCUT2D eigenvalue weighted by Gasteiger charge is -2.36. The Morgan fingerprint density at radius 3 is 2.64 bits per heavy atom. The second-order valence-corrected chi connectivity index (χ2v) is 7.22. The lowest BCUT2D eigenvalue weighted by molar-refractivity contribution is -0.135. The number of nitrogens with zero attached hydrogens (tertiary/aromatic N) is 4. The molecule has 1 fully saturated rings. The van der Waals surface area contributed by atoms with E-state index in [1.54, 1.807) is 0 Å². The van der Waals surface area contributed by atoms with E-state index in [1.807, 2.05) is 54.8 Å². The Hall–Kier alpha value is -2.54. The van der Waals surface area contributed by atoms with Crippen LogP contribution in [0, 0.1) is 13.8 Å². The zero-order chi connectivity index (χ0) is 20.1. The Labute approximate surface area is 170 Å². The summed E-state index contributed by atoms with van der Waals surface area (Å²) in [6.45, 7) is 9.12. The third kappa shape index (κ3) is 5.04. The number of piperazine rings is 1. The number of amides is 1. The summed E-state index contributed by atoms with van der Waals surface area (Å²) in [7, 11) is 0. The van der Waals surface area contributed by atoms with Gasteiger partial charge in [-0.1, -0.05) is 23.7 Å². The van der Waals surface area contributed by atoms with Gasteiger partial charge in [0.05, 0.1) is 12.2 Å². The average Bonchev–Trinajstić information content (AvgIpc) is 3.00. The second kappa shape index (κ2) is 9.10. The van der Waals surface area contributed by atoms with E-state index in [9.17, 15) is 4.79 Å². The quantitative estimate of drug-likeness (QED) is 0.613. The summed E-state index contributed by atoms with van der Waals surface area (Å²) >= 11 is 5.93. The molecule has 0 saturated carbocycles. The average molecular weight is 404 g/mol. The number of carbonyl (C=O) groups excluding carboxylic acids is 1. The molecule has 28 heavy (non-hydrogen) atoms. The van der Waals surface area contributed by atoms with E-state index >= 15 is 0 Å². The lowest BCUT2D eigenvalue weighted by atomic mass is 10.2. The number of halogens is 1. The second-order valence-electron chi connectivity index (χ2n) is 6.78. The monoisotopic (exact) mass is 403 g/mol. The van der Waals surface area contributed by atoms with Crippen molar-refractivity contribution in [3.8, 4) is 0 Å². The van der Waals surface area contributed by atoms with Crippen molar-refractivity contribution < 1.29 is 9.21 Å². The maximum absolute atomic E-state index is 12.7. The van der Waals surface area contributed by atoms with Crippen LogP contribution in [0.4, 0.5) is 0 Å². The summed E-state index contributed by atoms with van der Waals surface area (Å²) < 4.78 is 5.59. The molecule has 3 rings (SSSR count). The first-order valence-corrected chi connectivity index (χ1v) is 9.82. The molecule has 1 saturated heterocycles. The Bertz CT molecular complexity index is 827. The Kier molecular flexibility index (Phi) is 6.57. The summed E-state index contributed by atoms with van der Waals surface area (Å²) in [6, 6.07) is 7.60. The maximum Gasteiger partial charge on any atom is 0.242 e. The zero-order valence-corrected chi connectivity index (χ0v) is 17.3. The molecule has 1 aromatic heterocycles. The number of aryl methyl sites for hydroxylation is 2. The van der Waals surface area contributed by atoms with Crippen molar-refractivity contribution in [2.45, 2.75) is 33.9 Å². The molecular formula is C20H26ClN5O2. The molecule has 0 unspecified atom stereocenters. The normalized spacial score (nSPS) is 15.3. The van der Waals surface area contributed by atoms with Crippen LogP contribution in [0.1, 0.15) is 29.8 Å². The van der Waals surface area contributed by atoms with Gasteiger partial charge in [0.25, 0.3) is 0 Å². The molecular weight excluding hydrogens is 378 g/mol. The topological polar surface area (TPSA) is 74.0 Å². The number of nitrogens with one attached hydrogen (secondary N) is 1. The van der Waals surface area contributed by atoms with Gasteiger partial charge in [-0.15, -0.1) is 0 Å². The zero-order valence-electron chi connectivity index (χ0n) is 16.5. The van der Waals surface area contributed by atoms with Crippen molar-refractivity contribution in [3.63, 3.8) is 0 Å². The van der Waals surface area contributed by atoms with Gasteiger partial charge in [0.15, 0.2) is 5.96 Å². The van der Waals surface area contributed by atoms with E-state index in [-0.39, 0.29) is 5.91 Å². The fraction of sp³-hybridized carbons (Fsp3) is 0.450. The highest BCUT2D eigenvalue weighted by Gasteiger charge is 2.26. The third-order valence-corrected chi connectivity index (χ3v) is 4.93. The van der Waals surface area contributed by atoms with E-state index in [0.717, 1.165) is 30.1 Å². The Morgan fingerprint density at radius 1 is 1.29 bits per heavy atom. The number of rotatable bonds is 5. The molecule has 2 heterocycles. The molecule has 0 bridgehead atoms. The number of hydrogen-bond donors (Lipinski definition) is 1. The van der Waals surface area contributed by atoms with E-state index in [0.29, 0.717) is 43.1 Å². The molecule has 150 valence electrons. The summed E-state index contributed by atoms with van der Waals surface area (Å²) in [5.41, 5.74) is 1.95. The fourth-order valence-corrected chi connectivity index (χ4v) is 3.17. The molecule has 8 heteroatoms. The highest BCUT2D eigenvalue weighted by molar-refractivity contribution is 6.30. The van der Waals surface area contributed by atoms with Gasteiger partial charge in [0.2, 0.25) is 11.8 Å². The van der Waals surface area contributed by atoms with Crippen LogP contribution in [-0.4, -0.2) is 52.8 Å². The summed E-state index contributed by atoms with van der Waals surface area (Å²) in [4.78, 5) is 25.5. The number of oxazole rings is 1. The SMILES string of the molecule is CCNC(=NCc1nc(C)c(C)o1)N1CCN(Cc2ccc(Cl)cc2)C(=O)C1. The maximum atomic E-state index is 12.7. The molecule has 2 aromatic rings. The van der Waals surface area contributed by atoms with Gasteiger partial charge < -0.3 is 19.5 Å². The Morgan fingerprint density at radius 2 is 2.04 bits per heavy atom. The number of guanidine groups is 1. The largest absolute Gasteiger partial charge is 0.444 e. The van der Waals surface area contributed by atoms with Gasteiger partial charge in [-0.3, -0.25) is 4.79 Å². The molecule has 0 radical (unpaired) electrons. The van der Waals surface area contributed by atoms with Gasteiger partial charge in [-0.2, -0.15) is 0 Å². The van der Waals surface area contributed by atoms with Crippen molar-refractivity contribution in [2.24, 2.45) is 4.99 Å². The first-order valence-electron chi connectivity index (χ1n) is 9.44. The molecule has 0 aliphatic carbocycles. The van der Waals surface area contributed by atoms with E-state index in [1.165, 1.54) is 0 Å². The highest BCUT2D eigenvalue weighted by Crippen LogP contribution is 2.14. The van der Waals surface area contributed by atoms with E-state index < -0.39 is 0 Å². The van der Waals surface area contributed by atoms with Crippen LogP contribution in [0.3, 0.4) is 0 Å². The van der Waals surface area contributed by atoms with Crippen LogP contribution in [-0.2, 0) is 17.9 Å². The van der Waals surface area contributed by atoms with E-state index in [2.05, 4.69) is 15.3 Å². The smallest absolute Gasteiger partial charge is 0.242 e. The fourth-order valence-electron chi connectivity index (χ4n) is 3.04. The molecule has 0 atom stereocenters. The lowest BCUT2D eigenvalue weighted by Crippen LogP contribution is -2.54. The molecule has 1 aromatic carbocycles. The van der Waals surface area contributed by atoms with Gasteiger partial charge in [0.1, 0.15) is 12.3 Å². The molecule has 1 amide bonds. The van der Waals surface area contributed by atoms with Crippen LogP contribution in [0.25, 0.3) is 0 Å². The van der Waals surface area contributed by atoms with Crippen LogP contribution < -0.4 is 5.32 Å². The molecule has 1 aliphatic heterocycles. The van der Waals surface area contributed by atoms with Gasteiger partial charge in [0, 0.05) is 31.2 Å². The molecule has 1 aliphatic rings.